The van der Waals surface area contributed by atoms with Gasteiger partial charge in [0.05, 0.1) is 17.3 Å². The van der Waals surface area contributed by atoms with Crippen molar-refractivity contribution < 1.29 is 9.90 Å². The van der Waals surface area contributed by atoms with Crippen molar-refractivity contribution in [1.82, 2.24) is 4.98 Å². The third kappa shape index (κ3) is 2.60. The van der Waals surface area contributed by atoms with Crippen LogP contribution >= 0.6 is 11.3 Å². The van der Waals surface area contributed by atoms with E-state index in [0.717, 1.165) is 0 Å². The minimum absolute atomic E-state index is 0.0791. The number of nitrogen functional groups attached to an aromatic ring is 1. The number of carbonyl (C=O) groups is 1. The highest BCUT2D eigenvalue weighted by Gasteiger charge is 2.11. The fourth-order valence-electron chi connectivity index (χ4n) is 1.53. The standard InChI is InChI=1S/C12H13N3O2S/c1-7(10-3-2-4-18-10)15-11-9(13)5-8(6-14-11)12(16)17/h2-7H,13H2,1H3,(H,14,15)(H,16,17). The molecule has 4 N–H and O–H groups in total. The van der Waals surface area contributed by atoms with E-state index in [-0.39, 0.29) is 11.6 Å². The summed E-state index contributed by atoms with van der Waals surface area (Å²) in [7, 11) is 0. The molecule has 2 rings (SSSR count). The fraction of sp³-hybridized carbons (Fsp3) is 0.167. The molecule has 0 bridgehead atoms. The smallest absolute Gasteiger partial charge is 0.337 e. The van der Waals surface area contributed by atoms with Gasteiger partial charge in [-0.15, -0.1) is 11.3 Å². The van der Waals surface area contributed by atoms with Gasteiger partial charge in [-0.05, 0) is 24.4 Å². The van der Waals surface area contributed by atoms with E-state index in [0.29, 0.717) is 11.5 Å². The van der Waals surface area contributed by atoms with Gasteiger partial charge in [0.15, 0.2) is 0 Å². The van der Waals surface area contributed by atoms with Crippen molar-refractivity contribution in [3.05, 3.63) is 40.2 Å². The molecule has 1 atom stereocenters. The van der Waals surface area contributed by atoms with E-state index in [1.54, 1.807) is 11.3 Å². The summed E-state index contributed by atoms with van der Waals surface area (Å²) >= 11 is 1.64. The third-order valence-electron chi connectivity index (χ3n) is 2.49. The topological polar surface area (TPSA) is 88.2 Å². The lowest BCUT2D eigenvalue weighted by Gasteiger charge is -2.14. The van der Waals surface area contributed by atoms with Crippen LogP contribution in [0, 0.1) is 0 Å². The number of nitrogens with one attached hydrogen (secondary N) is 1. The Bertz CT molecular complexity index is 554. The largest absolute Gasteiger partial charge is 0.478 e. The summed E-state index contributed by atoms with van der Waals surface area (Å²) < 4.78 is 0. The Morgan fingerprint density at radius 1 is 1.61 bits per heavy atom. The van der Waals surface area contributed by atoms with Gasteiger partial charge in [0.1, 0.15) is 5.82 Å². The van der Waals surface area contributed by atoms with Crippen LogP contribution in [0.1, 0.15) is 28.2 Å². The normalized spacial score (nSPS) is 12.1. The molecular weight excluding hydrogens is 250 g/mol. The maximum atomic E-state index is 10.8. The van der Waals surface area contributed by atoms with Gasteiger partial charge in [-0.2, -0.15) is 0 Å². The summed E-state index contributed by atoms with van der Waals surface area (Å²) in [6.45, 7) is 2.00. The molecule has 0 spiro atoms. The Balaban J connectivity index is 2.17. The van der Waals surface area contributed by atoms with E-state index in [1.807, 2.05) is 24.4 Å². The summed E-state index contributed by atoms with van der Waals surface area (Å²) in [6, 6.07) is 5.47. The third-order valence-corrected chi connectivity index (χ3v) is 3.54. The molecule has 0 aliphatic heterocycles. The van der Waals surface area contributed by atoms with Crippen LogP contribution in [-0.2, 0) is 0 Å². The number of pyridine rings is 1. The molecule has 0 amide bonds. The predicted molar refractivity (Wildman–Crippen MR) is 72.0 cm³/mol. The number of hydrogen-bond donors (Lipinski definition) is 3. The Hall–Kier alpha value is -2.08. The highest BCUT2D eigenvalue weighted by Crippen LogP contribution is 2.25. The molecule has 18 heavy (non-hydrogen) atoms. The van der Waals surface area contributed by atoms with E-state index in [1.165, 1.54) is 17.1 Å². The summed E-state index contributed by atoms with van der Waals surface area (Å²) in [5, 5.41) is 14.0. The van der Waals surface area contributed by atoms with Gasteiger partial charge in [-0.3, -0.25) is 0 Å². The molecule has 0 aromatic carbocycles. The molecule has 0 radical (unpaired) electrons. The SMILES string of the molecule is CC(Nc1ncc(C(=O)O)cc1N)c1cccs1. The maximum absolute atomic E-state index is 10.8. The quantitative estimate of drug-likeness (QED) is 0.789. The number of hydrogen-bond acceptors (Lipinski definition) is 5. The summed E-state index contributed by atoms with van der Waals surface area (Å²) in [5.41, 5.74) is 6.19. The van der Waals surface area contributed by atoms with Gasteiger partial charge in [-0.1, -0.05) is 6.07 Å². The maximum Gasteiger partial charge on any atom is 0.337 e. The minimum Gasteiger partial charge on any atom is -0.478 e. The van der Waals surface area contributed by atoms with E-state index >= 15 is 0 Å². The molecule has 2 aromatic rings. The van der Waals surface area contributed by atoms with Gasteiger partial charge < -0.3 is 16.2 Å². The lowest BCUT2D eigenvalue weighted by atomic mass is 10.2. The van der Waals surface area contributed by atoms with E-state index in [2.05, 4.69) is 10.3 Å². The number of rotatable bonds is 4. The van der Waals surface area contributed by atoms with Crippen LogP contribution in [0.4, 0.5) is 11.5 Å². The van der Waals surface area contributed by atoms with Crippen molar-refractivity contribution in [3.63, 3.8) is 0 Å². The highest BCUT2D eigenvalue weighted by molar-refractivity contribution is 7.10. The van der Waals surface area contributed by atoms with Crippen molar-refractivity contribution in [2.75, 3.05) is 11.1 Å². The van der Waals surface area contributed by atoms with Crippen LogP contribution in [0.15, 0.2) is 29.8 Å². The zero-order valence-corrected chi connectivity index (χ0v) is 10.6. The van der Waals surface area contributed by atoms with E-state index in [9.17, 15) is 4.79 Å². The zero-order chi connectivity index (χ0) is 13.1. The first-order chi connectivity index (χ1) is 8.58. The zero-order valence-electron chi connectivity index (χ0n) is 9.75. The molecule has 2 aromatic heterocycles. The van der Waals surface area contributed by atoms with Gasteiger partial charge in [0.2, 0.25) is 0 Å². The summed E-state index contributed by atoms with van der Waals surface area (Å²) in [5.74, 6) is -0.534. The number of aromatic carboxylic acids is 1. The second kappa shape index (κ2) is 5.05. The number of aromatic nitrogens is 1. The van der Waals surface area contributed by atoms with Crippen LogP contribution in [0.2, 0.25) is 0 Å². The number of nitrogens with two attached hydrogens (primary N) is 1. The first kappa shape index (κ1) is 12.4. The van der Waals surface area contributed by atoms with Crippen molar-refractivity contribution >= 4 is 28.8 Å². The molecule has 5 nitrogen and oxygen atoms in total. The average molecular weight is 263 g/mol. The molecule has 0 aliphatic carbocycles. The lowest BCUT2D eigenvalue weighted by molar-refractivity contribution is 0.0696. The second-order valence-corrected chi connectivity index (χ2v) is 4.83. The van der Waals surface area contributed by atoms with Crippen LogP contribution in [-0.4, -0.2) is 16.1 Å². The Morgan fingerprint density at radius 2 is 2.39 bits per heavy atom. The number of nitrogens with zero attached hydrogens (tertiary/aromatic N) is 1. The molecule has 1 unspecified atom stereocenters. The highest BCUT2D eigenvalue weighted by atomic mass is 32.1. The first-order valence-electron chi connectivity index (χ1n) is 5.36. The Kier molecular flexibility index (Phi) is 3.47. The van der Waals surface area contributed by atoms with Crippen LogP contribution < -0.4 is 11.1 Å². The number of anilines is 2. The first-order valence-corrected chi connectivity index (χ1v) is 6.24. The minimum atomic E-state index is -1.04. The monoisotopic (exact) mass is 263 g/mol. The molecule has 0 saturated carbocycles. The Morgan fingerprint density at radius 3 is 2.94 bits per heavy atom. The molecule has 6 heteroatoms. The van der Waals surface area contributed by atoms with Crippen LogP contribution in [0.3, 0.4) is 0 Å². The second-order valence-electron chi connectivity index (χ2n) is 3.85. The molecule has 0 saturated heterocycles. The molecular formula is C12H13N3O2S. The van der Waals surface area contributed by atoms with Crippen molar-refractivity contribution in [2.24, 2.45) is 0 Å². The molecule has 0 aliphatic rings. The van der Waals surface area contributed by atoms with Crippen LogP contribution in [0.5, 0.6) is 0 Å². The molecule has 0 fully saturated rings. The van der Waals surface area contributed by atoms with Crippen molar-refractivity contribution in [2.45, 2.75) is 13.0 Å². The predicted octanol–water partition coefficient (Wildman–Crippen LogP) is 2.60. The van der Waals surface area contributed by atoms with E-state index in [4.69, 9.17) is 10.8 Å². The van der Waals surface area contributed by atoms with E-state index < -0.39 is 5.97 Å². The lowest BCUT2D eigenvalue weighted by Crippen LogP contribution is -2.10. The van der Waals surface area contributed by atoms with Gasteiger partial charge in [0.25, 0.3) is 0 Å². The summed E-state index contributed by atoms with van der Waals surface area (Å²) in [6.07, 6.45) is 1.29. The van der Waals surface area contributed by atoms with Gasteiger partial charge in [-0.25, -0.2) is 9.78 Å². The van der Waals surface area contributed by atoms with Gasteiger partial charge >= 0.3 is 5.97 Å². The number of carboxylic acid groups (broad SMARTS) is 1. The fourth-order valence-corrected chi connectivity index (χ4v) is 2.27. The number of carboxylic acids is 1. The Labute approximate surface area is 108 Å². The molecule has 2 heterocycles. The number of thiophene rings is 1. The summed E-state index contributed by atoms with van der Waals surface area (Å²) in [4.78, 5) is 16.0. The van der Waals surface area contributed by atoms with Crippen LogP contribution in [0.25, 0.3) is 0 Å². The van der Waals surface area contributed by atoms with Crippen molar-refractivity contribution in [3.8, 4) is 0 Å². The van der Waals surface area contributed by atoms with Gasteiger partial charge in [0, 0.05) is 11.1 Å². The van der Waals surface area contributed by atoms with Crippen molar-refractivity contribution in [1.29, 1.82) is 0 Å². The average Bonchev–Trinajstić information content (AvgIpc) is 2.85. The molecule has 94 valence electrons.